The summed E-state index contributed by atoms with van der Waals surface area (Å²) in [6.45, 7) is 6.64. The minimum atomic E-state index is -0.140. The molecule has 22 heavy (non-hydrogen) atoms. The zero-order chi connectivity index (χ0) is 16.1. The Morgan fingerprint density at radius 2 is 2.18 bits per heavy atom. The summed E-state index contributed by atoms with van der Waals surface area (Å²) in [4.78, 5) is 25.1. The van der Waals surface area contributed by atoms with Gasteiger partial charge in [0.05, 0.1) is 12.1 Å². The molecule has 1 aliphatic rings. The second kappa shape index (κ2) is 7.54. The molecule has 0 radical (unpaired) electrons. The Bertz CT molecular complexity index is 548. The molecule has 1 saturated heterocycles. The van der Waals surface area contributed by atoms with Gasteiger partial charge in [0.1, 0.15) is 12.3 Å². The normalized spacial score (nSPS) is 16.0. The first-order chi connectivity index (χ1) is 10.5. The van der Waals surface area contributed by atoms with Gasteiger partial charge in [0, 0.05) is 12.3 Å². The number of benzene rings is 1. The van der Waals surface area contributed by atoms with E-state index >= 15 is 0 Å². The number of ether oxygens (including phenoxy) is 1. The van der Waals surface area contributed by atoms with Crippen molar-refractivity contribution in [3.8, 4) is 5.75 Å². The molecule has 120 valence electrons. The Kier molecular flexibility index (Phi) is 5.71. The quantitative estimate of drug-likeness (QED) is 0.875. The van der Waals surface area contributed by atoms with Gasteiger partial charge in [-0.15, -0.1) is 0 Å². The van der Waals surface area contributed by atoms with Crippen LogP contribution >= 0.6 is 11.8 Å². The first-order valence-corrected chi connectivity index (χ1v) is 8.42. The SMILES string of the molecule is CC(C)Oc1cccc([C@@H](C)NC(=O)CN2CCSC2=O)c1. The highest BCUT2D eigenvalue weighted by Crippen LogP contribution is 2.20. The van der Waals surface area contributed by atoms with Gasteiger partial charge in [-0.25, -0.2) is 0 Å². The van der Waals surface area contributed by atoms with Crippen molar-refractivity contribution in [1.29, 1.82) is 0 Å². The molecule has 0 unspecified atom stereocenters. The van der Waals surface area contributed by atoms with E-state index in [-0.39, 0.29) is 29.8 Å². The van der Waals surface area contributed by atoms with Crippen molar-refractivity contribution in [2.45, 2.75) is 32.9 Å². The molecule has 5 nitrogen and oxygen atoms in total. The number of rotatable bonds is 6. The smallest absolute Gasteiger partial charge is 0.282 e. The Labute approximate surface area is 135 Å². The number of hydrogen-bond acceptors (Lipinski definition) is 4. The summed E-state index contributed by atoms with van der Waals surface area (Å²) in [6.07, 6.45) is 0.110. The van der Waals surface area contributed by atoms with Crippen LogP contribution in [0.5, 0.6) is 5.75 Å². The van der Waals surface area contributed by atoms with E-state index in [0.29, 0.717) is 6.54 Å². The molecule has 1 fully saturated rings. The molecule has 2 amide bonds. The van der Waals surface area contributed by atoms with Gasteiger partial charge in [-0.3, -0.25) is 9.59 Å². The van der Waals surface area contributed by atoms with Crippen molar-refractivity contribution in [3.05, 3.63) is 29.8 Å². The molecule has 0 bridgehead atoms. The van der Waals surface area contributed by atoms with Crippen LogP contribution in [0.2, 0.25) is 0 Å². The lowest BCUT2D eigenvalue weighted by Gasteiger charge is -2.19. The van der Waals surface area contributed by atoms with Gasteiger partial charge in [0.25, 0.3) is 5.24 Å². The summed E-state index contributed by atoms with van der Waals surface area (Å²) in [5.74, 6) is 1.41. The van der Waals surface area contributed by atoms with E-state index in [0.717, 1.165) is 17.1 Å². The number of thioether (sulfide) groups is 1. The van der Waals surface area contributed by atoms with Crippen molar-refractivity contribution in [2.75, 3.05) is 18.8 Å². The monoisotopic (exact) mass is 322 g/mol. The van der Waals surface area contributed by atoms with Crippen LogP contribution in [0.1, 0.15) is 32.4 Å². The minimum Gasteiger partial charge on any atom is -0.491 e. The second-order valence-corrected chi connectivity index (χ2v) is 6.61. The van der Waals surface area contributed by atoms with Crippen molar-refractivity contribution >= 4 is 22.9 Å². The topological polar surface area (TPSA) is 58.6 Å². The maximum Gasteiger partial charge on any atom is 0.282 e. The van der Waals surface area contributed by atoms with Gasteiger partial charge in [-0.1, -0.05) is 23.9 Å². The number of amides is 2. The summed E-state index contributed by atoms with van der Waals surface area (Å²) in [7, 11) is 0. The molecule has 2 rings (SSSR count). The molecule has 6 heteroatoms. The highest BCUT2D eigenvalue weighted by atomic mass is 32.2. The van der Waals surface area contributed by atoms with E-state index in [4.69, 9.17) is 4.74 Å². The summed E-state index contributed by atoms with van der Waals surface area (Å²) < 4.78 is 5.66. The van der Waals surface area contributed by atoms with E-state index in [1.807, 2.05) is 45.0 Å². The molecule has 0 saturated carbocycles. The number of nitrogens with one attached hydrogen (secondary N) is 1. The van der Waals surface area contributed by atoms with Gasteiger partial charge in [-0.05, 0) is 38.5 Å². The van der Waals surface area contributed by atoms with Gasteiger partial charge < -0.3 is 15.0 Å². The lowest BCUT2D eigenvalue weighted by Crippen LogP contribution is -2.38. The zero-order valence-corrected chi connectivity index (χ0v) is 14.0. The van der Waals surface area contributed by atoms with Gasteiger partial charge >= 0.3 is 0 Å². The van der Waals surface area contributed by atoms with E-state index in [1.165, 1.54) is 11.8 Å². The van der Waals surface area contributed by atoms with Crippen LogP contribution in [0.4, 0.5) is 4.79 Å². The lowest BCUT2D eigenvalue weighted by molar-refractivity contribution is -0.122. The van der Waals surface area contributed by atoms with Crippen molar-refractivity contribution in [2.24, 2.45) is 0 Å². The Morgan fingerprint density at radius 1 is 1.41 bits per heavy atom. The number of carbonyl (C=O) groups excluding carboxylic acids is 2. The average Bonchev–Trinajstić information content (AvgIpc) is 2.83. The Hall–Kier alpha value is -1.69. The van der Waals surface area contributed by atoms with Crippen molar-refractivity contribution in [3.63, 3.8) is 0 Å². The van der Waals surface area contributed by atoms with Gasteiger partial charge in [-0.2, -0.15) is 0 Å². The predicted molar refractivity (Wildman–Crippen MR) is 88.2 cm³/mol. The third-order valence-corrected chi connectivity index (χ3v) is 4.18. The van der Waals surface area contributed by atoms with Crippen LogP contribution in [0.3, 0.4) is 0 Å². The minimum absolute atomic E-state index is 0.0184. The highest BCUT2D eigenvalue weighted by molar-refractivity contribution is 8.13. The first-order valence-electron chi connectivity index (χ1n) is 7.43. The molecule has 1 N–H and O–H groups in total. The van der Waals surface area contributed by atoms with Gasteiger partial charge in [0.15, 0.2) is 0 Å². The maximum atomic E-state index is 12.0. The van der Waals surface area contributed by atoms with Crippen LogP contribution in [0.15, 0.2) is 24.3 Å². The summed E-state index contributed by atoms with van der Waals surface area (Å²) in [6, 6.07) is 7.57. The number of nitrogens with zero attached hydrogens (tertiary/aromatic N) is 1. The maximum absolute atomic E-state index is 12.0. The van der Waals surface area contributed by atoms with Crippen molar-refractivity contribution < 1.29 is 14.3 Å². The molecule has 1 heterocycles. The molecule has 1 atom stereocenters. The molecule has 1 aromatic carbocycles. The third-order valence-electron chi connectivity index (χ3n) is 3.29. The summed E-state index contributed by atoms with van der Waals surface area (Å²) in [5.41, 5.74) is 0.980. The largest absolute Gasteiger partial charge is 0.491 e. The first kappa shape index (κ1) is 16.7. The molecular weight excluding hydrogens is 300 g/mol. The average molecular weight is 322 g/mol. The highest BCUT2D eigenvalue weighted by Gasteiger charge is 2.23. The molecule has 0 spiro atoms. The number of carbonyl (C=O) groups is 2. The Balaban J connectivity index is 1.92. The molecule has 1 aliphatic heterocycles. The van der Waals surface area contributed by atoms with Crippen LogP contribution in [-0.2, 0) is 4.79 Å². The van der Waals surface area contributed by atoms with Crippen LogP contribution < -0.4 is 10.1 Å². The molecule has 1 aromatic rings. The fourth-order valence-corrected chi connectivity index (χ4v) is 3.07. The molecule has 0 aliphatic carbocycles. The standard InChI is InChI=1S/C16H22N2O3S/c1-11(2)21-14-6-4-5-13(9-14)12(3)17-15(19)10-18-7-8-22-16(18)20/h4-6,9,11-12H,7-8,10H2,1-3H3,(H,17,19)/t12-/m1/s1. The van der Waals surface area contributed by atoms with Gasteiger partial charge in [0.2, 0.25) is 5.91 Å². The van der Waals surface area contributed by atoms with E-state index in [1.54, 1.807) is 4.90 Å². The van der Waals surface area contributed by atoms with E-state index < -0.39 is 0 Å². The van der Waals surface area contributed by atoms with Crippen LogP contribution in [-0.4, -0.2) is 41.0 Å². The predicted octanol–water partition coefficient (Wildman–Crippen LogP) is 2.82. The summed E-state index contributed by atoms with van der Waals surface area (Å²) in [5, 5.41) is 2.91. The zero-order valence-electron chi connectivity index (χ0n) is 13.2. The fourth-order valence-electron chi connectivity index (χ4n) is 2.24. The third kappa shape index (κ3) is 4.66. The van der Waals surface area contributed by atoms with E-state index in [2.05, 4.69) is 5.32 Å². The van der Waals surface area contributed by atoms with Crippen LogP contribution in [0, 0.1) is 0 Å². The molecular formula is C16H22N2O3S. The van der Waals surface area contributed by atoms with Crippen LogP contribution in [0.25, 0.3) is 0 Å². The summed E-state index contributed by atoms with van der Waals surface area (Å²) >= 11 is 1.26. The fraction of sp³-hybridized carbons (Fsp3) is 0.500. The molecule has 0 aromatic heterocycles. The Morgan fingerprint density at radius 3 is 2.82 bits per heavy atom. The number of hydrogen-bond donors (Lipinski definition) is 1. The second-order valence-electron chi connectivity index (χ2n) is 5.56. The van der Waals surface area contributed by atoms with E-state index in [9.17, 15) is 9.59 Å². The van der Waals surface area contributed by atoms with Crippen molar-refractivity contribution in [1.82, 2.24) is 10.2 Å². The lowest BCUT2D eigenvalue weighted by atomic mass is 10.1.